The topological polar surface area (TPSA) is 63.6 Å². The molecule has 0 saturated heterocycles. The Labute approximate surface area is 123 Å². The van der Waals surface area contributed by atoms with Crippen LogP contribution in [0.3, 0.4) is 0 Å². The molecule has 0 spiro atoms. The second-order valence-corrected chi connectivity index (χ2v) is 4.08. The molecule has 0 aliphatic carbocycles. The molecule has 21 heavy (non-hydrogen) atoms. The number of benzene rings is 1. The summed E-state index contributed by atoms with van der Waals surface area (Å²) in [5.74, 6) is 0.362. The quantitative estimate of drug-likeness (QED) is 0.502. The van der Waals surface area contributed by atoms with Gasteiger partial charge in [-0.3, -0.25) is 9.78 Å². The number of pyridine rings is 1. The lowest BCUT2D eigenvalue weighted by molar-refractivity contribution is 0.0955. The summed E-state index contributed by atoms with van der Waals surface area (Å²) in [6.45, 7) is 4.01. The van der Waals surface area contributed by atoms with Crippen LogP contribution in [0.25, 0.3) is 0 Å². The van der Waals surface area contributed by atoms with Crippen molar-refractivity contribution in [2.75, 3.05) is 6.61 Å². The van der Waals surface area contributed by atoms with E-state index in [9.17, 15) is 4.79 Å². The van der Waals surface area contributed by atoms with E-state index < -0.39 is 0 Å². The molecule has 0 radical (unpaired) electrons. The predicted octanol–water partition coefficient (Wildman–Crippen LogP) is 2.41. The lowest BCUT2D eigenvalue weighted by Gasteiger charge is -2.06. The molecule has 0 unspecified atom stereocenters. The lowest BCUT2D eigenvalue weighted by Crippen LogP contribution is -2.17. The molecule has 0 bridgehead atoms. The highest BCUT2D eigenvalue weighted by molar-refractivity contribution is 5.94. The Morgan fingerprint density at radius 1 is 1.33 bits per heavy atom. The van der Waals surface area contributed by atoms with Crippen molar-refractivity contribution in [3.8, 4) is 5.75 Å². The number of para-hydroxylation sites is 1. The number of nitrogens with one attached hydrogen (secondary N) is 1. The minimum absolute atomic E-state index is 0.316. The van der Waals surface area contributed by atoms with Gasteiger partial charge < -0.3 is 4.74 Å². The number of hydrogen-bond donors (Lipinski definition) is 1. The van der Waals surface area contributed by atoms with Gasteiger partial charge in [-0.05, 0) is 24.3 Å². The summed E-state index contributed by atoms with van der Waals surface area (Å²) in [6.07, 6.45) is 6.28. The van der Waals surface area contributed by atoms with Crippen molar-refractivity contribution < 1.29 is 9.53 Å². The Hall–Kier alpha value is -2.95. The number of nitrogens with zero attached hydrogens (tertiary/aromatic N) is 2. The maximum atomic E-state index is 11.8. The van der Waals surface area contributed by atoms with E-state index in [4.69, 9.17) is 4.74 Å². The van der Waals surface area contributed by atoms with Crippen LogP contribution in [-0.4, -0.2) is 23.7 Å². The normalized spacial score (nSPS) is 10.3. The van der Waals surface area contributed by atoms with Gasteiger partial charge in [-0.2, -0.15) is 5.10 Å². The van der Waals surface area contributed by atoms with Gasteiger partial charge in [0.15, 0.2) is 0 Å². The highest BCUT2D eigenvalue weighted by Crippen LogP contribution is 2.15. The van der Waals surface area contributed by atoms with Gasteiger partial charge in [-0.15, -0.1) is 0 Å². The number of carbonyl (C=O) groups excluding carboxylic acids is 1. The van der Waals surface area contributed by atoms with Crippen LogP contribution >= 0.6 is 0 Å². The smallest absolute Gasteiger partial charge is 0.272 e. The van der Waals surface area contributed by atoms with Gasteiger partial charge in [0, 0.05) is 18.0 Å². The second-order valence-electron chi connectivity index (χ2n) is 4.08. The van der Waals surface area contributed by atoms with E-state index in [0.717, 1.165) is 5.56 Å². The van der Waals surface area contributed by atoms with E-state index in [1.54, 1.807) is 24.4 Å². The van der Waals surface area contributed by atoms with Crippen molar-refractivity contribution in [3.63, 3.8) is 0 Å². The molecule has 0 saturated carbocycles. The van der Waals surface area contributed by atoms with Crippen molar-refractivity contribution >= 4 is 12.1 Å². The highest BCUT2D eigenvalue weighted by Gasteiger charge is 2.03. The maximum absolute atomic E-state index is 11.8. The summed E-state index contributed by atoms with van der Waals surface area (Å²) in [5, 5.41) is 3.93. The van der Waals surface area contributed by atoms with Gasteiger partial charge in [0.2, 0.25) is 0 Å². The average Bonchev–Trinajstić information content (AvgIpc) is 2.54. The number of carbonyl (C=O) groups is 1. The van der Waals surface area contributed by atoms with Gasteiger partial charge in [-0.1, -0.05) is 24.8 Å². The maximum Gasteiger partial charge on any atom is 0.272 e. The molecule has 1 aromatic carbocycles. The molecular formula is C16H15N3O2. The van der Waals surface area contributed by atoms with Gasteiger partial charge in [0.05, 0.1) is 11.8 Å². The molecule has 1 amide bonds. The fraction of sp³-hybridized carbons (Fsp3) is 0.0625. The summed E-state index contributed by atoms with van der Waals surface area (Å²) < 4.78 is 5.50. The van der Waals surface area contributed by atoms with Crippen molar-refractivity contribution in [2.24, 2.45) is 5.10 Å². The third-order valence-electron chi connectivity index (χ3n) is 2.57. The molecule has 5 nitrogen and oxygen atoms in total. The van der Waals surface area contributed by atoms with Crippen LogP contribution in [0.1, 0.15) is 15.9 Å². The van der Waals surface area contributed by atoms with Crippen molar-refractivity contribution in [2.45, 2.75) is 0 Å². The third kappa shape index (κ3) is 4.28. The SMILES string of the molecule is C=CCOc1ccccc1/C=N/NC(=O)c1cccnc1. The molecule has 1 N–H and O–H groups in total. The van der Waals surface area contributed by atoms with E-state index >= 15 is 0 Å². The standard InChI is InChI=1S/C16H15N3O2/c1-2-10-21-15-8-4-3-6-13(15)12-18-19-16(20)14-7-5-9-17-11-14/h2-9,11-12H,1,10H2,(H,19,20)/b18-12+. The zero-order chi connectivity index (χ0) is 14.9. The van der Waals surface area contributed by atoms with E-state index in [1.807, 2.05) is 24.3 Å². The van der Waals surface area contributed by atoms with Crippen molar-refractivity contribution in [3.05, 3.63) is 72.6 Å². The number of aromatic nitrogens is 1. The van der Waals surface area contributed by atoms with E-state index in [2.05, 4.69) is 22.1 Å². The summed E-state index contributed by atoms with van der Waals surface area (Å²) in [5.41, 5.74) is 3.66. The highest BCUT2D eigenvalue weighted by atomic mass is 16.5. The summed E-state index contributed by atoms with van der Waals surface area (Å²) in [7, 11) is 0. The Bertz CT molecular complexity index is 639. The van der Waals surface area contributed by atoms with Crippen LogP contribution in [0, 0.1) is 0 Å². The molecule has 0 aliphatic heterocycles. The Kier molecular flexibility index (Phi) is 5.23. The van der Waals surface area contributed by atoms with Crippen LogP contribution < -0.4 is 10.2 Å². The number of ether oxygens (including phenoxy) is 1. The number of hydrogen-bond acceptors (Lipinski definition) is 4. The first kappa shape index (κ1) is 14.5. The van der Waals surface area contributed by atoms with E-state index in [1.165, 1.54) is 12.4 Å². The fourth-order valence-electron chi connectivity index (χ4n) is 1.59. The largest absolute Gasteiger partial charge is 0.489 e. The molecule has 0 atom stereocenters. The summed E-state index contributed by atoms with van der Waals surface area (Å²) in [4.78, 5) is 15.7. The molecule has 2 rings (SSSR count). The van der Waals surface area contributed by atoms with Crippen LogP contribution in [0.4, 0.5) is 0 Å². The molecule has 0 fully saturated rings. The molecule has 1 aromatic heterocycles. The molecule has 2 aromatic rings. The van der Waals surface area contributed by atoms with Crippen LogP contribution in [0.15, 0.2) is 66.5 Å². The van der Waals surface area contributed by atoms with Crippen LogP contribution in [-0.2, 0) is 0 Å². The number of hydrazone groups is 1. The summed E-state index contributed by atoms with van der Waals surface area (Å²) >= 11 is 0. The lowest BCUT2D eigenvalue weighted by atomic mass is 10.2. The van der Waals surface area contributed by atoms with Crippen LogP contribution in [0.5, 0.6) is 5.75 Å². The molecular weight excluding hydrogens is 266 g/mol. The van der Waals surface area contributed by atoms with E-state index in [-0.39, 0.29) is 5.91 Å². The third-order valence-corrected chi connectivity index (χ3v) is 2.57. The Morgan fingerprint density at radius 3 is 2.95 bits per heavy atom. The van der Waals surface area contributed by atoms with Crippen molar-refractivity contribution in [1.82, 2.24) is 10.4 Å². The average molecular weight is 281 g/mol. The first-order chi connectivity index (χ1) is 10.3. The first-order valence-electron chi connectivity index (χ1n) is 6.37. The second kappa shape index (κ2) is 7.59. The fourth-order valence-corrected chi connectivity index (χ4v) is 1.59. The Balaban J connectivity index is 2.01. The first-order valence-corrected chi connectivity index (χ1v) is 6.37. The number of amides is 1. The van der Waals surface area contributed by atoms with Crippen molar-refractivity contribution in [1.29, 1.82) is 0 Å². The monoisotopic (exact) mass is 281 g/mol. The molecule has 5 heteroatoms. The Morgan fingerprint density at radius 2 is 2.19 bits per heavy atom. The molecule has 1 heterocycles. The van der Waals surface area contributed by atoms with E-state index in [0.29, 0.717) is 17.9 Å². The molecule has 106 valence electrons. The minimum Gasteiger partial charge on any atom is -0.489 e. The number of rotatable bonds is 6. The zero-order valence-corrected chi connectivity index (χ0v) is 11.4. The van der Waals surface area contributed by atoms with Gasteiger partial charge in [0.1, 0.15) is 12.4 Å². The summed E-state index contributed by atoms with van der Waals surface area (Å²) in [6, 6.07) is 10.8. The predicted molar refractivity (Wildman–Crippen MR) is 81.4 cm³/mol. The van der Waals surface area contributed by atoms with Crippen LogP contribution in [0.2, 0.25) is 0 Å². The van der Waals surface area contributed by atoms with Gasteiger partial charge in [0.25, 0.3) is 5.91 Å². The van der Waals surface area contributed by atoms with Gasteiger partial charge >= 0.3 is 0 Å². The van der Waals surface area contributed by atoms with Gasteiger partial charge in [-0.25, -0.2) is 5.43 Å². The molecule has 0 aliphatic rings. The zero-order valence-electron chi connectivity index (χ0n) is 11.4. The minimum atomic E-state index is -0.316.